The molecule has 1 heterocycles. The fourth-order valence-electron chi connectivity index (χ4n) is 2.39. The standard InChI is InChI=1S/C20H15F2N3O3/c1-28-14-5-2-4-13(11-14)24-20(27)17-10-12(8-9-23-17)19(26)25-18-15(21)6-3-7-16(18)22/h2-11H,1H3,(H,24,27)(H,25,26). The van der Waals surface area contributed by atoms with Crippen LogP contribution in [0.2, 0.25) is 0 Å². The summed E-state index contributed by atoms with van der Waals surface area (Å²) >= 11 is 0. The molecule has 0 aliphatic rings. The van der Waals surface area contributed by atoms with E-state index in [0.29, 0.717) is 11.4 Å². The summed E-state index contributed by atoms with van der Waals surface area (Å²) in [6, 6.07) is 12.5. The van der Waals surface area contributed by atoms with Crippen molar-refractivity contribution >= 4 is 23.2 Å². The number of nitrogens with one attached hydrogen (secondary N) is 2. The maximum atomic E-state index is 13.7. The van der Waals surface area contributed by atoms with Gasteiger partial charge in [-0.25, -0.2) is 8.78 Å². The van der Waals surface area contributed by atoms with Crippen LogP contribution in [0, 0.1) is 11.6 Å². The molecule has 0 radical (unpaired) electrons. The highest BCUT2D eigenvalue weighted by Crippen LogP contribution is 2.20. The van der Waals surface area contributed by atoms with Gasteiger partial charge >= 0.3 is 0 Å². The van der Waals surface area contributed by atoms with Crippen LogP contribution in [0.3, 0.4) is 0 Å². The Morgan fingerprint density at radius 1 is 0.929 bits per heavy atom. The van der Waals surface area contributed by atoms with Crippen LogP contribution in [0.1, 0.15) is 20.8 Å². The van der Waals surface area contributed by atoms with Crippen LogP contribution in [0.5, 0.6) is 5.75 Å². The van der Waals surface area contributed by atoms with Gasteiger partial charge in [0, 0.05) is 23.5 Å². The quantitative estimate of drug-likeness (QED) is 0.701. The van der Waals surface area contributed by atoms with Gasteiger partial charge in [0.1, 0.15) is 28.8 Å². The van der Waals surface area contributed by atoms with Gasteiger partial charge < -0.3 is 15.4 Å². The first-order chi connectivity index (χ1) is 13.5. The monoisotopic (exact) mass is 383 g/mol. The zero-order valence-corrected chi connectivity index (χ0v) is 14.7. The van der Waals surface area contributed by atoms with Gasteiger partial charge in [0.2, 0.25) is 0 Å². The lowest BCUT2D eigenvalue weighted by Gasteiger charge is -2.09. The summed E-state index contributed by atoms with van der Waals surface area (Å²) in [4.78, 5) is 28.6. The van der Waals surface area contributed by atoms with Gasteiger partial charge in [-0.05, 0) is 36.4 Å². The van der Waals surface area contributed by atoms with Gasteiger partial charge in [-0.1, -0.05) is 12.1 Å². The van der Waals surface area contributed by atoms with Crippen molar-refractivity contribution < 1.29 is 23.1 Å². The van der Waals surface area contributed by atoms with Gasteiger partial charge in [-0.15, -0.1) is 0 Å². The van der Waals surface area contributed by atoms with Crippen molar-refractivity contribution in [2.24, 2.45) is 0 Å². The molecule has 0 aliphatic carbocycles. The molecule has 28 heavy (non-hydrogen) atoms. The number of carbonyl (C=O) groups is 2. The van der Waals surface area contributed by atoms with Crippen LogP contribution in [-0.2, 0) is 0 Å². The molecular weight excluding hydrogens is 368 g/mol. The van der Waals surface area contributed by atoms with Gasteiger partial charge in [0.15, 0.2) is 0 Å². The molecular formula is C20H15F2N3O3. The van der Waals surface area contributed by atoms with Gasteiger partial charge in [0.05, 0.1) is 7.11 Å². The van der Waals surface area contributed by atoms with Crippen molar-refractivity contribution in [3.63, 3.8) is 0 Å². The third kappa shape index (κ3) is 4.29. The Labute approximate surface area is 159 Å². The Hall–Kier alpha value is -3.81. The minimum Gasteiger partial charge on any atom is -0.497 e. The largest absolute Gasteiger partial charge is 0.497 e. The van der Waals surface area contributed by atoms with E-state index in [4.69, 9.17) is 4.74 Å². The van der Waals surface area contributed by atoms with Gasteiger partial charge in [-0.2, -0.15) is 0 Å². The van der Waals surface area contributed by atoms with Crippen LogP contribution in [0.25, 0.3) is 0 Å². The highest BCUT2D eigenvalue weighted by atomic mass is 19.1. The van der Waals surface area contributed by atoms with E-state index in [2.05, 4.69) is 15.6 Å². The Morgan fingerprint density at radius 2 is 1.64 bits per heavy atom. The number of benzene rings is 2. The molecule has 0 aliphatic heterocycles. The first-order valence-corrected chi connectivity index (χ1v) is 8.15. The number of hydrogen-bond donors (Lipinski definition) is 2. The van der Waals surface area contributed by atoms with Crippen LogP contribution < -0.4 is 15.4 Å². The van der Waals surface area contributed by atoms with E-state index in [0.717, 1.165) is 12.1 Å². The lowest BCUT2D eigenvalue weighted by Crippen LogP contribution is -2.18. The van der Waals surface area contributed by atoms with Crippen molar-refractivity contribution in [1.29, 1.82) is 0 Å². The summed E-state index contributed by atoms with van der Waals surface area (Å²) in [5, 5.41) is 4.79. The number of aromatic nitrogens is 1. The molecule has 3 aromatic rings. The summed E-state index contributed by atoms with van der Waals surface area (Å²) in [6.07, 6.45) is 1.26. The van der Waals surface area contributed by atoms with Crippen LogP contribution in [-0.4, -0.2) is 23.9 Å². The average molecular weight is 383 g/mol. The topological polar surface area (TPSA) is 80.3 Å². The molecule has 6 nitrogen and oxygen atoms in total. The zero-order valence-electron chi connectivity index (χ0n) is 14.7. The van der Waals surface area contributed by atoms with Crippen molar-refractivity contribution in [1.82, 2.24) is 4.98 Å². The lowest BCUT2D eigenvalue weighted by molar-refractivity contribution is 0.102. The molecule has 0 fully saturated rings. The van der Waals surface area contributed by atoms with E-state index in [-0.39, 0.29) is 11.3 Å². The Kier molecular flexibility index (Phi) is 5.59. The first kappa shape index (κ1) is 19.0. The SMILES string of the molecule is COc1cccc(NC(=O)c2cc(C(=O)Nc3c(F)cccc3F)ccn2)c1. The van der Waals surface area contributed by atoms with Crippen molar-refractivity contribution in [2.75, 3.05) is 17.7 Å². The molecule has 3 rings (SSSR count). The minimum absolute atomic E-state index is 0.0217. The van der Waals surface area contributed by atoms with E-state index in [1.165, 1.54) is 31.5 Å². The third-order valence-corrected chi connectivity index (χ3v) is 3.78. The van der Waals surface area contributed by atoms with E-state index >= 15 is 0 Å². The molecule has 0 bridgehead atoms. The normalized spacial score (nSPS) is 10.2. The number of amides is 2. The molecule has 0 unspecified atom stereocenters. The average Bonchev–Trinajstić information content (AvgIpc) is 2.71. The van der Waals surface area contributed by atoms with E-state index in [1.54, 1.807) is 24.3 Å². The number of hydrogen-bond acceptors (Lipinski definition) is 4. The number of pyridine rings is 1. The second kappa shape index (κ2) is 8.26. The van der Waals surface area contributed by atoms with Gasteiger partial charge in [-0.3, -0.25) is 14.6 Å². The molecule has 0 saturated carbocycles. The number of para-hydroxylation sites is 1. The first-order valence-electron chi connectivity index (χ1n) is 8.15. The van der Waals surface area contributed by atoms with Crippen LogP contribution in [0.15, 0.2) is 60.8 Å². The number of halogens is 2. The zero-order chi connectivity index (χ0) is 20.1. The molecule has 2 aromatic carbocycles. The predicted molar refractivity (Wildman–Crippen MR) is 99.5 cm³/mol. The maximum Gasteiger partial charge on any atom is 0.274 e. The number of carbonyl (C=O) groups excluding carboxylic acids is 2. The molecule has 0 saturated heterocycles. The Balaban J connectivity index is 1.77. The summed E-state index contributed by atoms with van der Waals surface area (Å²) in [6.45, 7) is 0. The van der Waals surface area contributed by atoms with E-state index in [9.17, 15) is 18.4 Å². The van der Waals surface area contributed by atoms with Crippen molar-refractivity contribution in [2.45, 2.75) is 0 Å². The number of anilines is 2. The summed E-state index contributed by atoms with van der Waals surface area (Å²) in [5.74, 6) is -2.58. The molecule has 2 amide bonds. The minimum atomic E-state index is -0.904. The van der Waals surface area contributed by atoms with Crippen LogP contribution in [0.4, 0.5) is 20.2 Å². The summed E-state index contributed by atoms with van der Waals surface area (Å²) in [5.41, 5.74) is -0.0981. The number of rotatable bonds is 5. The summed E-state index contributed by atoms with van der Waals surface area (Å²) in [7, 11) is 1.50. The third-order valence-electron chi connectivity index (χ3n) is 3.78. The van der Waals surface area contributed by atoms with E-state index in [1.807, 2.05) is 0 Å². The van der Waals surface area contributed by atoms with Crippen molar-refractivity contribution in [3.05, 3.63) is 83.7 Å². The van der Waals surface area contributed by atoms with Gasteiger partial charge in [0.25, 0.3) is 11.8 Å². The van der Waals surface area contributed by atoms with Crippen LogP contribution >= 0.6 is 0 Å². The Bertz CT molecular complexity index is 1020. The number of nitrogens with zero attached hydrogens (tertiary/aromatic N) is 1. The number of methoxy groups -OCH3 is 1. The molecule has 142 valence electrons. The second-order valence-electron chi connectivity index (χ2n) is 5.67. The molecule has 2 N–H and O–H groups in total. The predicted octanol–water partition coefficient (Wildman–Crippen LogP) is 3.87. The Morgan fingerprint density at radius 3 is 2.36 bits per heavy atom. The molecule has 0 atom stereocenters. The number of ether oxygens (including phenoxy) is 1. The lowest BCUT2D eigenvalue weighted by atomic mass is 10.2. The molecule has 1 aromatic heterocycles. The van der Waals surface area contributed by atoms with Crippen molar-refractivity contribution in [3.8, 4) is 5.75 Å². The highest BCUT2D eigenvalue weighted by molar-refractivity contribution is 6.07. The fourth-order valence-corrected chi connectivity index (χ4v) is 2.39. The van der Waals surface area contributed by atoms with E-state index < -0.39 is 29.1 Å². The second-order valence-corrected chi connectivity index (χ2v) is 5.67. The highest BCUT2D eigenvalue weighted by Gasteiger charge is 2.16. The smallest absolute Gasteiger partial charge is 0.274 e. The molecule has 8 heteroatoms. The maximum absolute atomic E-state index is 13.7. The summed E-state index contributed by atoms with van der Waals surface area (Å²) < 4.78 is 32.5. The fraction of sp³-hybridized carbons (Fsp3) is 0.0500. The molecule has 0 spiro atoms.